The molecule has 104 valence electrons. The number of carboxylic acids is 1. The zero-order chi connectivity index (χ0) is 14.7. The predicted molar refractivity (Wildman–Crippen MR) is 76.8 cm³/mol. The molecule has 20 heavy (non-hydrogen) atoms. The van der Waals surface area contributed by atoms with Gasteiger partial charge in [0.2, 0.25) is 0 Å². The van der Waals surface area contributed by atoms with E-state index in [2.05, 4.69) is 15.9 Å². The molecule has 2 aromatic carbocycles. The van der Waals surface area contributed by atoms with Gasteiger partial charge in [0.25, 0.3) is 0 Å². The molecule has 0 aliphatic carbocycles. The summed E-state index contributed by atoms with van der Waals surface area (Å²) in [4.78, 5) is 11.1. The van der Waals surface area contributed by atoms with Crippen molar-refractivity contribution in [2.75, 3.05) is 0 Å². The molecule has 0 saturated carbocycles. The largest absolute Gasteiger partial charge is 0.487 e. The van der Waals surface area contributed by atoms with E-state index in [1.165, 1.54) is 24.3 Å². The van der Waals surface area contributed by atoms with Gasteiger partial charge in [0.1, 0.15) is 23.7 Å². The van der Waals surface area contributed by atoms with Crippen LogP contribution in [-0.2, 0) is 6.61 Å². The average Bonchev–Trinajstić information content (AvgIpc) is 2.40. The molecule has 0 aliphatic heterocycles. The minimum absolute atomic E-state index is 0.00307. The Morgan fingerprint density at radius 2 is 2.10 bits per heavy atom. The smallest absolute Gasteiger partial charge is 0.339 e. The van der Waals surface area contributed by atoms with Crippen LogP contribution in [0.4, 0.5) is 4.39 Å². The summed E-state index contributed by atoms with van der Waals surface area (Å²) >= 11 is 8.92. The normalized spacial score (nSPS) is 10.3. The molecule has 0 aliphatic rings. The molecule has 2 aromatic rings. The Hall–Kier alpha value is -1.59. The van der Waals surface area contributed by atoms with Crippen LogP contribution in [0.5, 0.6) is 5.75 Å². The van der Waals surface area contributed by atoms with Crippen LogP contribution < -0.4 is 4.74 Å². The number of rotatable bonds is 4. The van der Waals surface area contributed by atoms with Gasteiger partial charge in [-0.3, -0.25) is 0 Å². The third kappa shape index (κ3) is 3.29. The molecule has 0 radical (unpaired) electrons. The molecule has 0 saturated heterocycles. The monoisotopic (exact) mass is 358 g/mol. The van der Waals surface area contributed by atoms with Gasteiger partial charge in [0.05, 0.1) is 9.50 Å². The SMILES string of the molecule is O=C(O)c1cccc(Br)c1OCc1ccc(F)c(Cl)c1. The van der Waals surface area contributed by atoms with E-state index in [-0.39, 0.29) is 22.9 Å². The fourth-order valence-electron chi connectivity index (χ4n) is 1.61. The minimum Gasteiger partial charge on any atom is -0.487 e. The third-order valence-corrected chi connectivity index (χ3v) is 3.48. The second-order valence-corrected chi connectivity index (χ2v) is 5.22. The van der Waals surface area contributed by atoms with Gasteiger partial charge in [-0.25, -0.2) is 9.18 Å². The standard InChI is InChI=1S/C14H9BrClFO3/c15-10-3-1-2-9(14(18)19)13(10)20-7-8-4-5-12(17)11(16)6-8/h1-6H,7H2,(H,18,19). The number of ether oxygens (including phenoxy) is 1. The molecule has 2 rings (SSSR count). The van der Waals surface area contributed by atoms with Crippen LogP contribution in [0.3, 0.4) is 0 Å². The van der Waals surface area contributed by atoms with E-state index in [1.807, 2.05) is 0 Å². The van der Waals surface area contributed by atoms with E-state index < -0.39 is 11.8 Å². The molecule has 0 aromatic heterocycles. The predicted octanol–water partition coefficient (Wildman–Crippen LogP) is 4.52. The zero-order valence-electron chi connectivity index (χ0n) is 10.1. The Morgan fingerprint density at radius 3 is 2.75 bits per heavy atom. The lowest BCUT2D eigenvalue weighted by Crippen LogP contribution is -2.04. The summed E-state index contributed by atoms with van der Waals surface area (Å²) in [6.07, 6.45) is 0. The summed E-state index contributed by atoms with van der Waals surface area (Å²) in [5, 5.41) is 9.09. The number of carbonyl (C=O) groups is 1. The van der Waals surface area contributed by atoms with Gasteiger partial charge in [-0.1, -0.05) is 23.7 Å². The average molecular weight is 360 g/mol. The van der Waals surface area contributed by atoms with Crippen molar-refractivity contribution < 1.29 is 19.0 Å². The third-order valence-electron chi connectivity index (χ3n) is 2.56. The molecule has 6 heteroatoms. The van der Waals surface area contributed by atoms with Crippen LogP contribution in [0.2, 0.25) is 5.02 Å². The highest BCUT2D eigenvalue weighted by Gasteiger charge is 2.14. The molecule has 0 bridgehead atoms. The fraction of sp³-hybridized carbons (Fsp3) is 0.0714. The first-order valence-electron chi connectivity index (χ1n) is 5.57. The Kier molecular flexibility index (Phi) is 4.62. The number of para-hydroxylation sites is 1. The summed E-state index contributed by atoms with van der Waals surface area (Å²) in [7, 11) is 0. The lowest BCUT2D eigenvalue weighted by Gasteiger charge is -2.11. The summed E-state index contributed by atoms with van der Waals surface area (Å²) < 4.78 is 19.1. The van der Waals surface area contributed by atoms with Gasteiger partial charge in [0.15, 0.2) is 0 Å². The molecule has 1 N–H and O–H groups in total. The van der Waals surface area contributed by atoms with Crippen molar-refractivity contribution in [3.63, 3.8) is 0 Å². The fourth-order valence-corrected chi connectivity index (χ4v) is 2.29. The first-order valence-corrected chi connectivity index (χ1v) is 6.74. The molecule has 0 spiro atoms. The van der Waals surface area contributed by atoms with Crippen molar-refractivity contribution in [1.29, 1.82) is 0 Å². The maximum atomic E-state index is 13.0. The van der Waals surface area contributed by atoms with Crippen LogP contribution in [-0.4, -0.2) is 11.1 Å². The van der Waals surface area contributed by atoms with Crippen molar-refractivity contribution in [3.05, 3.63) is 62.8 Å². The zero-order valence-corrected chi connectivity index (χ0v) is 12.4. The van der Waals surface area contributed by atoms with Gasteiger partial charge in [-0.05, 0) is 45.8 Å². The quantitative estimate of drug-likeness (QED) is 0.873. The van der Waals surface area contributed by atoms with E-state index in [9.17, 15) is 9.18 Å². The van der Waals surface area contributed by atoms with Crippen LogP contribution in [0.15, 0.2) is 40.9 Å². The van der Waals surface area contributed by atoms with Gasteiger partial charge in [0, 0.05) is 0 Å². The van der Waals surface area contributed by atoms with Gasteiger partial charge >= 0.3 is 5.97 Å². The Bertz CT molecular complexity index is 661. The van der Waals surface area contributed by atoms with Crippen molar-refractivity contribution in [3.8, 4) is 5.75 Å². The molecular formula is C14H9BrClFO3. The topological polar surface area (TPSA) is 46.5 Å². The van der Waals surface area contributed by atoms with E-state index in [0.717, 1.165) is 0 Å². The molecule has 0 atom stereocenters. The summed E-state index contributed by atoms with van der Waals surface area (Å²) in [6, 6.07) is 8.93. The highest BCUT2D eigenvalue weighted by atomic mass is 79.9. The Morgan fingerprint density at radius 1 is 1.35 bits per heavy atom. The van der Waals surface area contributed by atoms with E-state index in [4.69, 9.17) is 21.4 Å². The second-order valence-electron chi connectivity index (χ2n) is 3.96. The van der Waals surface area contributed by atoms with Crippen LogP contribution in [0.25, 0.3) is 0 Å². The maximum Gasteiger partial charge on any atom is 0.339 e. The van der Waals surface area contributed by atoms with E-state index in [1.54, 1.807) is 12.1 Å². The van der Waals surface area contributed by atoms with Gasteiger partial charge in [-0.2, -0.15) is 0 Å². The second kappa shape index (κ2) is 6.24. The summed E-state index contributed by atoms with van der Waals surface area (Å²) in [5.74, 6) is -1.37. The Labute approximate surface area is 128 Å². The van der Waals surface area contributed by atoms with Crippen molar-refractivity contribution >= 4 is 33.5 Å². The van der Waals surface area contributed by atoms with Crippen LogP contribution >= 0.6 is 27.5 Å². The molecule has 0 amide bonds. The lowest BCUT2D eigenvalue weighted by atomic mass is 10.2. The number of carboxylic acid groups (broad SMARTS) is 1. The highest BCUT2D eigenvalue weighted by Crippen LogP contribution is 2.30. The number of hydrogen-bond acceptors (Lipinski definition) is 2. The summed E-state index contributed by atoms with van der Waals surface area (Å²) in [6.45, 7) is 0.0862. The maximum absolute atomic E-state index is 13.0. The number of aromatic carboxylic acids is 1. The molecule has 0 fully saturated rings. The van der Waals surface area contributed by atoms with Gasteiger partial charge < -0.3 is 9.84 Å². The van der Waals surface area contributed by atoms with Crippen LogP contribution in [0.1, 0.15) is 15.9 Å². The summed E-state index contributed by atoms with van der Waals surface area (Å²) in [5.41, 5.74) is 0.691. The van der Waals surface area contributed by atoms with E-state index >= 15 is 0 Å². The van der Waals surface area contributed by atoms with Crippen molar-refractivity contribution in [2.45, 2.75) is 6.61 Å². The molecular weight excluding hydrogens is 351 g/mol. The lowest BCUT2D eigenvalue weighted by molar-refractivity contribution is 0.0691. The van der Waals surface area contributed by atoms with Gasteiger partial charge in [-0.15, -0.1) is 0 Å². The molecule has 3 nitrogen and oxygen atoms in total. The van der Waals surface area contributed by atoms with Crippen molar-refractivity contribution in [2.24, 2.45) is 0 Å². The minimum atomic E-state index is -1.08. The Balaban J connectivity index is 2.22. The first-order chi connectivity index (χ1) is 9.49. The number of halogens is 3. The molecule has 0 heterocycles. The highest BCUT2D eigenvalue weighted by molar-refractivity contribution is 9.10. The molecule has 0 unspecified atom stereocenters. The first kappa shape index (κ1) is 14.8. The van der Waals surface area contributed by atoms with Crippen LogP contribution in [0, 0.1) is 5.82 Å². The van der Waals surface area contributed by atoms with E-state index in [0.29, 0.717) is 10.0 Å². The number of benzene rings is 2. The van der Waals surface area contributed by atoms with Crippen molar-refractivity contribution in [1.82, 2.24) is 0 Å². The number of hydrogen-bond donors (Lipinski definition) is 1.